The van der Waals surface area contributed by atoms with Gasteiger partial charge in [0.25, 0.3) is 0 Å². The van der Waals surface area contributed by atoms with Gasteiger partial charge in [0.15, 0.2) is 0 Å². The molecule has 39 heavy (non-hydrogen) atoms. The number of nitriles is 1. The van der Waals surface area contributed by atoms with E-state index in [0.717, 1.165) is 52.5 Å². The summed E-state index contributed by atoms with van der Waals surface area (Å²) in [7, 11) is -2.48. The average molecular weight is 577 g/mol. The van der Waals surface area contributed by atoms with Gasteiger partial charge in [-0.2, -0.15) is 15.9 Å². The Morgan fingerprint density at radius 1 is 1.13 bits per heavy atom. The van der Waals surface area contributed by atoms with Gasteiger partial charge in [0.2, 0.25) is 11.8 Å². The van der Waals surface area contributed by atoms with Crippen molar-refractivity contribution >= 4 is 33.5 Å². The Hall–Kier alpha value is -2.26. The third-order valence-corrected chi connectivity index (χ3v) is 11.7. The highest BCUT2D eigenvalue weighted by atomic mass is 32.3. The Balaban J connectivity index is 1.30. The number of thiazole rings is 1. The maximum atomic E-state index is 13.8. The van der Waals surface area contributed by atoms with E-state index in [9.17, 15) is 27.9 Å². The van der Waals surface area contributed by atoms with Crippen molar-refractivity contribution in [3.63, 3.8) is 0 Å². The number of amides is 1. The molecule has 0 unspecified atom stereocenters. The number of carbonyl (C=O) groups excluding carboxylic acids is 1. The van der Waals surface area contributed by atoms with Crippen LogP contribution < -0.4 is 10.2 Å². The lowest BCUT2D eigenvalue weighted by atomic mass is 9.76. The summed E-state index contributed by atoms with van der Waals surface area (Å²) >= 11 is 1.47. The van der Waals surface area contributed by atoms with Gasteiger partial charge in [0.05, 0.1) is 33.2 Å². The smallest absolute Gasteiger partial charge is 0.249 e. The van der Waals surface area contributed by atoms with Crippen LogP contribution in [0.4, 0.5) is 14.5 Å². The summed E-state index contributed by atoms with van der Waals surface area (Å²) < 4.78 is 47.4. The highest BCUT2D eigenvalue weighted by Crippen LogP contribution is 2.52. The first-order valence-corrected chi connectivity index (χ1v) is 16.5. The number of carbonyl (C=O) groups is 1. The summed E-state index contributed by atoms with van der Waals surface area (Å²) in [5.41, 5.74) is 2.04. The number of rotatable bonds is 6. The molecule has 7 nitrogen and oxygen atoms in total. The molecule has 6 rings (SSSR count). The van der Waals surface area contributed by atoms with E-state index in [1.54, 1.807) is 0 Å². The predicted molar refractivity (Wildman–Crippen MR) is 150 cm³/mol. The zero-order valence-electron chi connectivity index (χ0n) is 21.7. The average Bonchev–Trinajstić information content (AvgIpc) is 3.54. The number of benzene rings is 1. The molecular formula is C28H34F2N4O3S2. The van der Waals surface area contributed by atoms with Gasteiger partial charge in [-0.1, -0.05) is 25.0 Å². The van der Waals surface area contributed by atoms with Crippen molar-refractivity contribution in [1.82, 2.24) is 10.3 Å². The van der Waals surface area contributed by atoms with Crippen molar-refractivity contribution in [2.45, 2.75) is 74.7 Å². The maximum absolute atomic E-state index is 13.8. The maximum Gasteiger partial charge on any atom is 0.249 e. The van der Waals surface area contributed by atoms with E-state index in [1.807, 2.05) is 24.3 Å². The molecule has 1 aromatic heterocycles. The number of anilines is 1. The number of nitrogens with one attached hydrogen (secondary N) is 1. The molecule has 2 heterocycles. The first kappa shape index (κ1) is 26.9. The minimum atomic E-state index is -2.64. The Bertz CT molecular complexity index is 1270. The fourth-order valence-corrected chi connectivity index (χ4v) is 8.59. The molecule has 3 aliphatic carbocycles. The van der Waals surface area contributed by atoms with E-state index < -0.39 is 22.1 Å². The summed E-state index contributed by atoms with van der Waals surface area (Å²) in [5.74, 6) is -2.70. The molecule has 0 bridgehead atoms. The lowest BCUT2D eigenvalue weighted by molar-refractivity contribution is -0.127. The molecular weight excluding hydrogens is 542 g/mol. The number of hydrogen-bond donors (Lipinski definition) is 3. The lowest BCUT2D eigenvalue weighted by Crippen LogP contribution is -2.42. The van der Waals surface area contributed by atoms with Gasteiger partial charge in [-0.05, 0) is 43.4 Å². The topological polar surface area (TPSA) is 109 Å². The molecule has 2 aromatic rings. The summed E-state index contributed by atoms with van der Waals surface area (Å²) in [6.07, 6.45) is 4.40. The van der Waals surface area contributed by atoms with Crippen LogP contribution in [0.3, 0.4) is 0 Å². The minimum Gasteiger partial charge on any atom is -0.368 e. The summed E-state index contributed by atoms with van der Waals surface area (Å²) in [6.45, 7) is 1.16. The molecule has 4 fully saturated rings. The van der Waals surface area contributed by atoms with E-state index in [-0.39, 0.29) is 36.5 Å². The molecule has 4 aliphatic rings. The van der Waals surface area contributed by atoms with Gasteiger partial charge in [-0.15, -0.1) is 11.3 Å². The number of hydrogen-bond acceptors (Lipinski definition) is 7. The van der Waals surface area contributed by atoms with Crippen LogP contribution in [0.2, 0.25) is 0 Å². The second kappa shape index (κ2) is 9.98. The first-order chi connectivity index (χ1) is 18.6. The highest BCUT2D eigenvalue weighted by Gasteiger charge is 2.49. The summed E-state index contributed by atoms with van der Waals surface area (Å²) in [5, 5.41) is 13.2. The van der Waals surface area contributed by atoms with E-state index in [1.165, 1.54) is 11.3 Å². The zero-order chi connectivity index (χ0) is 27.4. The SMILES string of the molecule is N#CC1(NC(=O)[C@@H]2CCCC[C@H]2c2nc(C3CC(F)(F)C3)sc2-c2ccc(N3CCS(O)(O)CC3)cc2)CC1. The van der Waals surface area contributed by atoms with Crippen molar-refractivity contribution in [3.8, 4) is 16.5 Å². The van der Waals surface area contributed by atoms with Gasteiger partial charge in [0.1, 0.15) is 5.54 Å². The van der Waals surface area contributed by atoms with E-state index >= 15 is 0 Å². The molecule has 11 heteroatoms. The molecule has 2 atom stereocenters. The zero-order valence-corrected chi connectivity index (χ0v) is 23.4. The van der Waals surface area contributed by atoms with Crippen LogP contribution in [0.1, 0.15) is 73.9 Å². The lowest BCUT2D eigenvalue weighted by Gasteiger charge is -2.41. The van der Waals surface area contributed by atoms with Gasteiger partial charge < -0.3 is 10.2 Å². The van der Waals surface area contributed by atoms with Gasteiger partial charge in [-0.3, -0.25) is 13.9 Å². The molecule has 1 amide bonds. The molecule has 0 spiro atoms. The van der Waals surface area contributed by atoms with Crippen LogP contribution in [0.15, 0.2) is 24.3 Å². The fraction of sp³-hybridized carbons (Fsp3) is 0.607. The minimum absolute atomic E-state index is 0.0964. The van der Waals surface area contributed by atoms with Crippen molar-refractivity contribution < 1.29 is 22.7 Å². The molecule has 3 saturated carbocycles. The molecule has 0 radical (unpaired) electrons. The molecule has 210 valence electrons. The van der Waals surface area contributed by atoms with Crippen molar-refractivity contribution in [2.75, 3.05) is 29.5 Å². The Morgan fingerprint density at radius 3 is 2.41 bits per heavy atom. The largest absolute Gasteiger partial charge is 0.368 e. The Kier molecular flexibility index (Phi) is 6.89. The first-order valence-electron chi connectivity index (χ1n) is 13.8. The van der Waals surface area contributed by atoms with Crippen LogP contribution in [-0.4, -0.2) is 56.1 Å². The summed E-state index contributed by atoms with van der Waals surface area (Å²) in [6, 6.07) is 10.3. The summed E-state index contributed by atoms with van der Waals surface area (Å²) in [4.78, 5) is 21.4. The predicted octanol–water partition coefficient (Wildman–Crippen LogP) is 6.34. The van der Waals surface area contributed by atoms with Gasteiger partial charge >= 0.3 is 0 Å². The normalized spacial score (nSPS) is 28.1. The van der Waals surface area contributed by atoms with Crippen LogP contribution in [-0.2, 0) is 4.79 Å². The fourth-order valence-electron chi connectivity index (χ4n) is 6.12. The number of alkyl halides is 2. The van der Waals surface area contributed by atoms with Crippen LogP contribution in [0, 0.1) is 17.2 Å². The molecule has 1 aromatic carbocycles. The van der Waals surface area contributed by atoms with Crippen LogP contribution >= 0.6 is 21.9 Å². The molecule has 1 aliphatic heterocycles. The van der Waals surface area contributed by atoms with E-state index in [4.69, 9.17) is 4.98 Å². The third-order valence-electron chi connectivity index (χ3n) is 8.76. The van der Waals surface area contributed by atoms with Crippen LogP contribution in [0.5, 0.6) is 0 Å². The second-order valence-electron chi connectivity index (χ2n) is 11.7. The molecule has 3 N–H and O–H groups in total. The number of aromatic nitrogens is 1. The Morgan fingerprint density at radius 2 is 1.79 bits per heavy atom. The van der Waals surface area contributed by atoms with Crippen molar-refractivity contribution in [2.24, 2.45) is 5.92 Å². The standard InChI is InChI=1S/C28H34F2N4O3S2/c29-28(30)15-19(16-28)26-32-23(21-3-1-2-4-22(21)25(35)33-27(17-31)9-10-27)24(38-26)18-5-7-20(8-6-18)34-11-13-39(36,37)14-12-34/h5-8,19,21-22,36-37H,1-4,9-16H2,(H,33,35)/t21-,22-/m1/s1. The number of nitrogens with zero attached hydrogens (tertiary/aromatic N) is 3. The Labute approximate surface area is 233 Å². The van der Waals surface area contributed by atoms with E-state index in [0.29, 0.717) is 37.4 Å². The quantitative estimate of drug-likeness (QED) is 0.370. The van der Waals surface area contributed by atoms with E-state index in [2.05, 4.69) is 16.3 Å². The van der Waals surface area contributed by atoms with Crippen LogP contribution in [0.25, 0.3) is 10.4 Å². The second-order valence-corrected chi connectivity index (χ2v) is 15.1. The monoisotopic (exact) mass is 576 g/mol. The van der Waals surface area contributed by atoms with Crippen molar-refractivity contribution in [3.05, 3.63) is 35.0 Å². The molecule has 1 saturated heterocycles. The van der Waals surface area contributed by atoms with Gasteiger partial charge in [-0.25, -0.2) is 13.8 Å². The van der Waals surface area contributed by atoms with Gasteiger partial charge in [0, 0.05) is 49.4 Å². The third kappa shape index (κ3) is 5.53. The highest BCUT2D eigenvalue weighted by molar-refractivity contribution is 8.24. The number of halogens is 2. The van der Waals surface area contributed by atoms with Crippen molar-refractivity contribution in [1.29, 1.82) is 5.26 Å².